The molecule has 0 aliphatic carbocycles. The predicted octanol–water partition coefficient (Wildman–Crippen LogP) is 3.65. The molecule has 0 saturated heterocycles. The lowest BCUT2D eigenvalue weighted by molar-refractivity contribution is 0.179. The van der Waals surface area contributed by atoms with Gasteiger partial charge in [0.05, 0.1) is 28.9 Å². The third kappa shape index (κ3) is 5.05. The molecule has 3 N–H and O–H groups in total. The van der Waals surface area contributed by atoms with Gasteiger partial charge >= 0.3 is 0 Å². The molecular formula is C28H25N5O4S. The number of nitrogens with one attached hydrogen (secondary N) is 1. The van der Waals surface area contributed by atoms with Crippen LogP contribution in [0.3, 0.4) is 0 Å². The molecule has 0 radical (unpaired) electrons. The molecule has 10 heteroatoms. The van der Waals surface area contributed by atoms with Crippen molar-refractivity contribution < 1.29 is 13.2 Å². The molecule has 0 amide bonds. The van der Waals surface area contributed by atoms with Gasteiger partial charge in [-0.2, -0.15) is 0 Å². The molecular weight excluding hydrogens is 502 g/mol. The van der Waals surface area contributed by atoms with Crippen LogP contribution < -0.4 is 16.0 Å². The molecule has 0 aliphatic heterocycles. The van der Waals surface area contributed by atoms with Crippen LogP contribution in [0.5, 0.6) is 0 Å². The normalized spacial score (nSPS) is 11.6. The van der Waals surface area contributed by atoms with Crippen molar-refractivity contribution in [1.29, 1.82) is 0 Å². The molecule has 0 fully saturated rings. The Hall–Kier alpha value is -4.38. The van der Waals surface area contributed by atoms with Crippen LogP contribution in [-0.2, 0) is 27.9 Å². The predicted molar refractivity (Wildman–Crippen MR) is 146 cm³/mol. The highest BCUT2D eigenvalue weighted by molar-refractivity contribution is 7.89. The van der Waals surface area contributed by atoms with Gasteiger partial charge in [-0.3, -0.25) is 9.78 Å². The van der Waals surface area contributed by atoms with Crippen molar-refractivity contribution in [3.8, 4) is 16.8 Å². The van der Waals surface area contributed by atoms with E-state index in [0.29, 0.717) is 27.7 Å². The summed E-state index contributed by atoms with van der Waals surface area (Å²) in [5.41, 5.74) is 9.04. The van der Waals surface area contributed by atoms with Gasteiger partial charge in [-0.15, -0.1) is 0 Å². The van der Waals surface area contributed by atoms with E-state index >= 15 is 0 Å². The van der Waals surface area contributed by atoms with Crippen LogP contribution in [-0.4, -0.2) is 30.1 Å². The van der Waals surface area contributed by atoms with Gasteiger partial charge in [0.15, 0.2) is 0 Å². The summed E-state index contributed by atoms with van der Waals surface area (Å²) in [6.45, 7) is 0.145. The number of methoxy groups -OCH3 is 1. The second-order valence-electron chi connectivity index (χ2n) is 8.59. The average molecular weight is 528 g/mol. The minimum atomic E-state index is -3.93. The number of hydrogen-bond acceptors (Lipinski definition) is 7. The van der Waals surface area contributed by atoms with Gasteiger partial charge in [-0.25, -0.2) is 22.7 Å². The summed E-state index contributed by atoms with van der Waals surface area (Å²) >= 11 is 0. The van der Waals surface area contributed by atoms with Crippen LogP contribution in [0.15, 0.2) is 101 Å². The Labute approximate surface area is 219 Å². The number of fused-ring (bicyclic) bond motifs is 1. The number of pyridine rings is 1. The first kappa shape index (κ1) is 25.3. The molecule has 5 aromatic rings. The van der Waals surface area contributed by atoms with Crippen LogP contribution in [0.2, 0.25) is 0 Å². The zero-order chi connectivity index (χ0) is 26.7. The first-order valence-corrected chi connectivity index (χ1v) is 13.3. The number of aromatic nitrogens is 3. The van der Waals surface area contributed by atoms with E-state index in [0.717, 1.165) is 5.56 Å². The SMILES string of the molecule is COCc1ncc(-c2ccc3nc(N)n(-c4ccccc4)c(=O)c3c2)cc1S(=O)(=O)NCc1ccccc1. The van der Waals surface area contributed by atoms with Crippen molar-refractivity contribution in [1.82, 2.24) is 19.3 Å². The Morgan fingerprint density at radius 2 is 1.66 bits per heavy atom. The molecule has 0 aliphatic rings. The van der Waals surface area contributed by atoms with Gasteiger partial charge in [0.25, 0.3) is 5.56 Å². The first-order valence-electron chi connectivity index (χ1n) is 11.8. The summed E-state index contributed by atoms with van der Waals surface area (Å²) in [5, 5.41) is 0.341. The summed E-state index contributed by atoms with van der Waals surface area (Å²) in [4.78, 5) is 22.2. The smallest absolute Gasteiger partial charge is 0.267 e. The second kappa shape index (κ2) is 10.5. The van der Waals surface area contributed by atoms with Crippen LogP contribution in [0.1, 0.15) is 11.3 Å². The Balaban J connectivity index is 1.58. The molecule has 0 saturated carbocycles. The van der Waals surface area contributed by atoms with Gasteiger partial charge in [0, 0.05) is 25.4 Å². The van der Waals surface area contributed by atoms with Crippen molar-refractivity contribution in [3.63, 3.8) is 0 Å². The van der Waals surface area contributed by atoms with E-state index in [1.165, 1.54) is 17.7 Å². The topological polar surface area (TPSA) is 129 Å². The first-order chi connectivity index (χ1) is 18.4. The molecule has 2 heterocycles. The quantitative estimate of drug-likeness (QED) is 0.315. The van der Waals surface area contributed by atoms with Crippen LogP contribution in [0.25, 0.3) is 27.7 Å². The van der Waals surface area contributed by atoms with E-state index in [4.69, 9.17) is 10.5 Å². The molecule has 192 valence electrons. The molecule has 0 unspecified atom stereocenters. The van der Waals surface area contributed by atoms with E-state index in [9.17, 15) is 13.2 Å². The third-order valence-corrected chi connectivity index (χ3v) is 7.51. The average Bonchev–Trinajstić information content (AvgIpc) is 2.93. The fourth-order valence-corrected chi connectivity index (χ4v) is 5.39. The van der Waals surface area contributed by atoms with Gasteiger partial charge in [0.1, 0.15) is 4.90 Å². The number of nitrogens with zero attached hydrogens (tertiary/aromatic N) is 3. The standard InChI is InChI=1S/C28H25N5O4S/c1-37-18-25-26(38(35,36)31-16-19-8-4-2-5-9-19)15-21(17-30-25)20-12-13-24-23(14-20)27(34)33(28(29)32-24)22-10-6-3-7-11-22/h2-15,17,31H,16,18H2,1H3,(H2,29,32). The minimum absolute atomic E-state index is 0.00463. The summed E-state index contributed by atoms with van der Waals surface area (Å²) in [6.07, 6.45) is 1.56. The monoisotopic (exact) mass is 527 g/mol. The van der Waals surface area contributed by atoms with Crippen molar-refractivity contribution in [2.75, 3.05) is 12.8 Å². The van der Waals surface area contributed by atoms with Crippen molar-refractivity contribution in [2.24, 2.45) is 0 Å². The maximum atomic E-state index is 13.4. The Kier molecular flexibility index (Phi) is 7.01. The lowest BCUT2D eigenvalue weighted by atomic mass is 10.0. The Morgan fingerprint density at radius 3 is 2.37 bits per heavy atom. The van der Waals surface area contributed by atoms with Crippen LogP contribution >= 0.6 is 0 Å². The van der Waals surface area contributed by atoms with E-state index < -0.39 is 10.0 Å². The lowest BCUT2D eigenvalue weighted by Gasteiger charge is -2.14. The second-order valence-corrected chi connectivity index (χ2v) is 10.3. The third-order valence-electron chi connectivity index (χ3n) is 6.05. The van der Waals surface area contributed by atoms with Crippen molar-refractivity contribution in [3.05, 3.63) is 113 Å². The number of benzene rings is 3. The highest BCUT2D eigenvalue weighted by atomic mass is 32.2. The molecule has 2 aromatic heterocycles. The Bertz CT molecular complexity index is 1770. The van der Waals surface area contributed by atoms with Gasteiger partial charge in [-0.1, -0.05) is 54.6 Å². The molecule has 9 nitrogen and oxygen atoms in total. The number of ether oxygens (including phenoxy) is 1. The van der Waals surface area contributed by atoms with Gasteiger partial charge in [-0.05, 0) is 41.5 Å². The largest absolute Gasteiger partial charge is 0.378 e. The van der Waals surface area contributed by atoms with Crippen LogP contribution in [0, 0.1) is 0 Å². The number of para-hydroxylation sites is 1. The lowest BCUT2D eigenvalue weighted by Crippen LogP contribution is -2.25. The highest BCUT2D eigenvalue weighted by Gasteiger charge is 2.21. The number of rotatable bonds is 8. The maximum Gasteiger partial charge on any atom is 0.267 e. The molecule has 0 atom stereocenters. The zero-order valence-corrected chi connectivity index (χ0v) is 21.4. The summed E-state index contributed by atoms with van der Waals surface area (Å²) in [5.74, 6) is 0.0740. The molecule has 0 spiro atoms. The van der Waals surface area contributed by atoms with E-state index in [2.05, 4.69) is 14.7 Å². The fourth-order valence-electron chi connectivity index (χ4n) is 4.17. The highest BCUT2D eigenvalue weighted by Crippen LogP contribution is 2.27. The van der Waals surface area contributed by atoms with Crippen molar-refractivity contribution in [2.45, 2.75) is 18.0 Å². The Morgan fingerprint density at radius 1 is 0.947 bits per heavy atom. The zero-order valence-electron chi connectivity index (χ0n) is 20.5. The maximum absolute atomic E-state index is 13.4. The minimum Gasteiger partial charge on any atom is -0.378 e. The number of nitrogen functional groups attached to an aromatic ring is 1. The van der Waals surface area contributed by atoms with E-state index in [-0.39, 0.29) is 35.2 Å². The summed E-state index contributed by atoms with van der Waals surface area (Å²) in [6, 6.07) is 24.9. The number of nitrogens with two attached hydrogens (primary N) is 1. The van der Waals surface area contributed by atoms with Gasteiger partial charge < -0.3 is 10.5 Å². The van der Waals surface area contributed by atoms with E-state index in [1.54, 1.807) is 36.5 Å². The summed E-state index contributed by atoms with van der Waals surface area (Å²) in [7, 11) is -2.45. The van der Waals surface area contributed by atoms with E-state index in [1.807, 2.05) is 48.5 Å². The summed E-state index contributed by atoms with van der Waals surface area (Å²) < 4.78 is 35.8. The fraction of sp³-hybridized carbons (Fsp3) is 0.107. The molecule has 0 bridgehead atoms. The van der Waals surface area contributed by atoms with Gasteiger partial charge in [0.2, 0.25) is 16.0 Å². The van der Waals surface area contributed by atoms with Crippen molar-refractivity contribution >= 4 is 26.9 Å². The van der Waals surface area contributed by atoms with Crippen LogP contribution in [0.4, 0.5) is 5.95 Å². The molecule has 3 aromatic carbocycles. The molecule has 5 rings (SSSR count). The molecule has 38 heavy (non-hydrogen) atoms. The number of anilines is 1. The number of sulfonamides is 1. The number of hydrogen-bond donors (Lipinski definition) is 2.